The summed E-state index contributed by atoms with van der Waals surface area (Å²) in [6.45, 7) is 4.76. The molecule has 4 saturated carbocycles. The van der Waals surface area contributed by atoms with Gasteiger partial charge in [0.25, 0.3) is 0 Å². The summed E-state index contributed by atoms with van der Waals surface area (Å²) in [5, 5.41) is 10.1. The third kappa shape index (κ3) is 3.22. The van der Waals surface area contributed by atoms with Crippen LogP contribution in [0.15, 0.2) is 0 Å². The Labute approximate surface area is 175 Å². The van der Waals surface area contributed by atoms with Crippen LogP contribution in [0.1, 0.15) is 65.2 Å². The molecule has 0 aromatic carbocycles. The van der Waals surface area contributed by atoms with Crippen LogP contribution in [0.4, 0.5) is 0 Å². The summed E-state index contributed by atoms with van der Waals surface area (Å²) >= 11 is 0. The van der Waals surface area contributed by atoms with Gasteiger partial charge in [-0.15, -0.1) is 0 Å². The van der Waals surface area contributed by atoms with Crippen molar-refractivity contribution in [2.75, 3.05) is 27.6 Å². The average molecular weight is 409 g/mol. The number of aliphatic hydroxyl groups excluding tert-OH is 1. The summed E-state index contributed by atoms with van der Waals surface area (Å²) in [5.74, 6) is 2.48. The number of aliphatic hydroxyl groups is 1. The smallest absolute Gasteiger partial charge is 0.146 e. The van der Waals surface area contributed by atoms with E-state index >= 15 is 0 Å². The van der Waals surface area contributed by atoms with E-state index in [1.165, 1.54) is 12.8 Å². The second-order valence-corrected chi connectivity index (χ2v) is 10.6. The third-order valence-electron chi connectivity index (χ3n) is 9.83. The third-order valence-corrected chi connectivity index (χ3v) is 9.83. The standard InChI is InChI=1S/C24H40O5/c1-15(26)24-12-21(28-4)22-19(20(24)8-6-17(24)13-25)7-5-16-11-18(29-14-27-3)9-10-23(16,22)2/h16-22,25H,5-14H2,1-4H3/t16-,17+,18+,19?,20?,21-,22?,23-,24+/m0/s1. The molecule has 29 heavy (non-hydrogen) atoms. The molecule has 166 valence electrons. The number of ketones is 1. The Morgan fingerprint density at radius 1 is 1.14 bits per heavy atom. The molecule has 0 heterocycles. The minimum absolute atomic E-state index is 0.104. The average Bonchev–Trinajstić information content (AvgIpc) is 3.11. The van der Waals surface area contributed by atoms with Gasteiger partial charge in [-0.05, 0) is 93.3 Å². The maximum absolute atomic E-state index is 13.0. The van der Waals surface area contributed by atoms with Crippen molar-refractivity contribution in [3.63, 3.8) is 0 Å². The number of hydrogen-bond donors (Lipinski definition) is 1. The molecule has 4 fully saturated rings. The van der Waals surface area contributed by atoms with Crippen molar-refractivity contribution < 1.29 is 24.1 Å². The van der Waals surface area contributed by atoms with E-state index in [2.05, 4.69) is 6.92 Å². The first-order chi connectivity index (χ1) is 13.9. The van der Waals surface area contributed by atoms with Crippen molar-refractivity contribution in [1.82, 2.24) is 0 Å². The van der Waals surface area contributed by atoms with E-state index in [0.717, 1.165) is 38.5 Å². The fourth-order valence-corrected chi connectivity index (χ4v) is 8.55. The molecule has 0 aromatic rings. The van der Waals surface area contributed by atoms with E-state index in [1.807, 2.05) is 7.11 Å². The van der Waals surface area contributed by atoms with Crippen LogP contribution < -0.4 is 0 Å². The maximum Gasteiger partial charge on any atom is 0.146 e. The normalized spacial score (nSPS) is 49.2. The first-order valence-corrected chi connectivity index (χ1v) is 11.7. The number of fused-ring (bicyclic) bond motifs is 5. The van der Waals surface area contributed by atoms with E-state index in [0.29, 0.717) is 36.6 Å². The Hall–Kier alpha value is -0.490. The van der Waals surface area contributed by atoms with Crippen LogP contribution in [0.5, 0.6) is 0 Å². The predicted octanol–water partition coefficient (Wildman–Crippen LogP) is 3.82. The lowest BCUT2D eigenvalue weighted by molar-refractivity contribution is -0.199. The molecular formula is C24H40O5. The van der Waals surface area contributed by atoms with Crippen molar-refractivity contribution in [3.8, 4) is 0 Å². The van der Waals surface area contributed by atoms with Gasteiger partial charge in [0.05, 0.1) is 12.2 Å². The zero-order valence-electron chi connectivity index (χ0n) is 18.7. The molecule has 4 rings (SSSR count). The van der Waals surface area contributed by atoms with Crippen LogP contribution in [0.2, 0.25) is 0 Å². The lowest BCUT2D eigenvalue weighted by atomic mass is 9.43. The molecule has 5 heteroatoms. The molecule has 3 unspecified atom stereocenters. The highest BCUT2D eigenvalue weighted by Gasteiger charge is 2.66. The molecule has 9 atom stereocenters. The van der Waals surface area contributed by atoms with E-state index in [4.69, 9.17) is 14.2 Å². The molecule has 0 bridgehead atoms. The van der Waals surface area contributed by atoms with Gasteiger partial charge >= 0.3 is 0 Å². The first-order valence-electron chi connectivity index (χ1n) is 11.7. The Balaban J connectivity index is 1.63. The molecule has 1 N–H and O–H groups in total. The Bertz CT molecular complexity index is 608. The van der Waals surface area contributed by atoms with Gasteiger partial charge in [-0.25, -0.2) is 0 Å². The van der Waals surface area contributed by atoms with Crippen LogP contribution in [-0.4, -0.2) is 50.7 Å². The number of hydrogen-bond acceptors (Lipinski definition) is 5. The number of Topliss-reactive ketones (excluding diaryl/α,β-unsaturated/α-hetero) is 1. The molecule has 0 aliphatic heterocycles. The number of carbonyl (C=O) groups excluding carboxylic acids is 1. The lowest BCUT2D eigenvalue weighted by Crippen LogP contribution is -2.61. The largest absolute Gasteiger partial charge is 0.396 e. The van der Waals surface area contributed by atoms with Gasteiger partial charge in [0.15, 0.2) is 0 Å². The predicted molar refractivity (Wildman–Crippen MR) is 110 cm³/mol. The van der Waals surface area contributed by atoms with Gasteiger partial charge in [-0.3, -0.25) is 4.79 Å². The molecule has 0 saturated heterocycles. The van der Waals surface area contributed by atoms with Gasteiger partial charge in [-0.2, -0.15) is 0 Å². The number of carbonyl (C=O) groups is 1. The highest BCUT2D eigenvalue weighted by molar-refractivity contribution is 5.84. The molecule has 0 radical (unpaired) electrons. The number of rotatable bonds is 6. The minimum Gasteiger partial charge on any atom is -0.396 e. The minimum atomic E-state index is -0.376. The van der Waals surface area contributed by atoms with Gasteiger partial charge in [0.2, 0.25) is 0 Å². The fourth-order valence-electron chi connectivity index (χ4n) is 8.55. The van der Waals surface area contributed by atoms with Crippen molar-refractivity contribution in [1.29, 1.82) is 0 Å². The molecule has 0 spiro atoms. The quantitative estimate of drug-likeness (QED) is 0.677. The second-order valence-electron chi connectivity index (χ2n) is 10.6. The highest BCUT2D eigenvalue weighted by Crippen LogP contribution is 2.68. The summed E-state index contributed by atoms with van der Waals surface area (Å²) in [7, 11) is 3.52. The molecule has 4 aliphatic rings. The van der Waals surface area contributed by atoms with Crippen molar-refractivity contribution >= 4 is 5.78 Å². The van der Waals surface area contributed by atoms with Crippen LogP contribution in [-0.2, 0) is 19.0 Å². The lowest BCUT2D eigenvalue weighted by Gasteiger charge is -2.63. The molecule has 4 aliphatic carbocycles. The van der Waals surface area contributed by atoms with Crippen LogP contribution >= 0.6 is 0 Å². The van der Waals surface area contributed by atoms with Crippen molar-refractivity contribution in [2.45, 2.75) is 77.4 Å². The van der Waals surface area contributed by atoms with Crippen LogP contribution in [0.3, 0.4) is 0 Å². The zero-order valence-corrected chi connectivity index (χ0v) is 18.7. The zero-order chi connectivity index (χ0) is 20.8. The van der Waals surface area contributed by atoms with Crippen LogP contribution in [0, 0.1) is 40.4 Å². The fraction of sp³-hybridized carbons (Fsp3) is 0.958. The Morgan fingerprint density at radius 2 is 1.93 bits per heavy atom. The molecule has 0 aromatic heterocycles. The highest BCUT2D eigenvalue weighted by atomic mass is 16.7. The molecule has 0 amide bonds. The van der Waals surface area contributed by atoms with Gasteiger partial charge < -0.3 is 19.3 Å². The van der Waals surface area contributed by atoms with E-state index < -0.39 is 0 Å². The summed E-state index contributed by atoms with van der Waals surface area (Å²) in [4.78, 5) is 13.0. The number of methoxy groups -OCH3 is 2. The van der Waals surface area contributed by atoms with Gasteiger partial charge in [0, 0.05) is 26.2 Å². The SMILES string of the molecule is COCO[C@@H]1CC[C@]2(C)C3C(CC[C@H]2C1)C1CC[C@H](CO)[C@]1(C(C)=O)C[C@@H]3OC. The topological polar surface area (TPSA) is 65.0 Å². The van der Waals surface area contributed by atoms with Crippen LogP contribution in [0.25, 0.3) is 0 Å². The van der Waals surface area contributed by atoms with Crippen molar-refractivity contribution in [2.24, 2.45) is 40.4 Å². The summed E-state index contributed by atoms with van der Waals surface area (Å²) in [6.07, 6.45) is 9.02. The summed E-state index contributed by atoms with van der Waals surface area (Å²) < 4.78 is 17.2. The number of ether oxygens (including phenoxy) is 3. The first kappa shape index (κ1) is 21.7. The van der Waals surface area contributed by atoms with E-state index in [-0.39, 0.29) is 35.2 Å². The van der Waals surface area contributed by atoms with Gasteiger partial charge in [-0.1, -0.05) is 6.92 Å². The summed E-state index contributed by atoms with van der Waals surface area (Å²) in [6, 6.07) is 0. The van der Waals surface area contributed by atoms with E-state index in [9.17, 15) is 9.90 Å². The molecule has 5 nitrogen and oxygen atoms in total. The van der Waals surface area contributed by atoms with Crippen molar-refractivity contribution in [3.05, 3.63) is 0 Å². The van der Waals surface area contributed by atoms with Gasteiger partial charge in [0.1, 0.15) is 12.6 Å². The molecular weight excluding hydrogens is 368 g/mol. The van der Waals surface area contributed by atoms with E-state index in [1.54, 1.807) is 14.0 Å². The Kier molecular flexibility index (Phi) is 6.16. The Morgan fingerprint density at radius 3 is 2.59 bits per heavy atom. The monoisotopic (exact) mass is 408 g/mol. The maximum atomic E-state index is 13.0. The second kappa shape index (κ2) is 8.22. The summed E-state index contributed by atoms with van der Waals surface area (Å²) in [5.41, 5.74) is -0.130.